The molecule has 178 valence electrons. The number of benzene rings is 1. The number of aromatic amines is 1. The van der Waals surface area contributed by atoms with Gasteiger partial charge < -0.3 is 9.64 Å². The number of morpholine rings is 1. The van der Waals surface area contributed by atoms with Gasteiger partial charge in [-0.25, -0.2) is 0 Å². The Morgan fingerprint density at radius 1 is 1.06 bits per heavy atom. The second-order valence-electron chi connectivity index (χ2n) is 9.88. The first kappa shape index (κ1) is 22.1. The monoisotopic (exact) mass is 486 g/mol. The molecular weight excluding hydrogens is 460 g/mol. The second kappa shape index (κ2) is 8.66. The third kappa shape index (κ3) is 4.15. The Labute approximate surface area is 207 Å². The highest BCUT2D eigenvalue weighted by atomic mass is 32.1. The maximum absolute atomic E-state index is 13.2. The molecule has 1 saturated heterocycles. The van der Waals surface area contributed by atoms with E-state index in [9.17, 15) is 4.79 Å². The highest BCUT2D eigenvalue weighted by Crippen LogP contribution is 2.49. The molecule has 1 aromatic carbocycles. The largest absolute Gasteiger partial charge is 0.378 e. The number of anilines is 1. The van der Waals surface area contributed by atoms with Gasteiger partial charge in [0.25, 0.3) is 0 Å². The number of carbonyl (C=O) groups excluding carboxylic acids is 1. The summed E-state index contributed by atoms with van der Waals surface area (Å²) in [5.41, 5.74) is 6.09. The Hall–Kier alpha value is -3.43. The van der Waals surface area contributed by atoms with E-state index in [1.165, 1.54) is 16.1 Å². The summed E-state index contributed by atoms with van der Waals surface area (Å²) in [7, 11) is 0. The van der Waals surface area contributed by atoms with E-state index in [0.29, 0.717) is 25.5 Å². The van der Waals surface area contributed by atoms with Crippen molar-refractivity contribution in [3.05, 3.63) is 53.0 Å². The van der Waals surface area contributed by atoms with Gasteiger partial charge in [-0.05, 0) is 46.4 Å². The molecule has 6 rings (SSSR count). The molecule has 0 radical (unpaired) electrons. The molecule has 0 unspecified atom stereocenters. The number of hydrogen-bond acceptors (Lipinski definition) is 8. The molecule has 0 spiro atoms. The lowest BCUT2D eigenvalue weighted by molar-refractivity contribution is 0.0918. The molecule has 0 bridgehead atoms. The standard InChI is InChI=1S/C26H26N6O2S/c1-26(2)14-19-22(25(32-8-10-34-11-9-32)35-23(19)21(33)15-26)17-6-7-27-20(13-17)16-4-3-5-18(12-16)24-28-30-31-29-24/h3-7,12-13H,8-11,14-15H2,1-2H3,(H,28,29,30,31). The van der Waals surface area contributed by atoms with Crippen LogP contribution in [0.3, 0.4) is 0 Å². The lowest BCUT2D eigenvalue weighted by Gasteiger charge is -2.30. The van der Waals surface area contributed by atoms with Crippen LogP contribution in [0.5, 0.6) is 0 Å². The summed E-state index contributed by atoms with van der Waals surface area (Å²) in [6.45, 7) is 7.43. The lowest BCUT2D eigenvalue weighted by atomic mass is 9.75. The number of H-pyrrole nitrogens is 1. The summed E-state index contributed by atoms with van der Waals surface area (Å²) in [6.07, 6.45) is 3.33. The van der Waals surface area contributed by atoms with Crippen LogP contribution in [0, 0.1) is 5.41 Å². The number of pyridine rings is 1. The zero-order valence-electron chi connectivity index (χ0n) is 19.7. The quantitative estimate of drug-likeness (QED) is 0.448. The van der Waals surface area contributed by atoms with E-state index in [0.717, 1.165) is 46.8 Å². The molecule has 35 heavy (non-hydrogen) atoms. The smallest absolute Gasteiger partial charge is 0.204 e. The van der Waals surface area contributed by atoms with Crippen molar-refractivity contribution >= 4 is 22.1 Å². The molecule has 4 heterocycles. The second-order valence-corrected chi connectivity index (χ2v) is 10.9. The van der Waals surface area contributed by atoms with Gasteiger partial charge in [0.05, 0.1) is 28.8 Å². The van der Waals surface area contributed by atoms with Crippen LogP contribution in [0.4, 0.5) is 5.00 Å². The van der Waals surface area contributed by atoms with Crippen LogP contribution in [-0.4, -0.2) is 57.7 Å². The fourth-order valence-electron chi connectivity index (χ4n) is 5.03. The Morgan fingerprint density at radius 2 is 1.89 bits per heavy atom. The molecule has 9 heteroatoms. The van der Waals surface area contributed by atoms with Crippen molar-refractivity contribution in [2.24, 2.45) is 5.41 Å². The van der Waals surface area contributed by atoms with Crippen LogP contribution < -0.4 is 4.90 Å². The lowest BCUT2D eigenvalue weighted by Crippen LogP contribution is -2.36. The van der Waals surface area contributed by atoms with Gasteiger partial charge in [-0.15, -0.1) is 21.5 Å². The summed E-state index contributed by atoms with van der Waals surface area (Å²) in [5, 5.41) is 15.5. The molecule has 2 aliphatic rings. The minimum atomic E-state index is -0.0586. The van der Waals surface area contributed by atoms with Crippen molar-refractivity contribution < 1.29 is 9.53 Å². The molecule has 1 aliphatic heterocycles. The van der Waals surface area contributed by atoms with Crippen molar-refractivity contribution in [3.63, 3.8) is 0 Å². The number of ether oxygens (including phenoxy) is 1. The number of aromatic nitrogens is 5. The first-order chi connectivity index (χ1) is 17.0. The molecule has 3 aromatic heterocycles. The van der Waals surface area contributed by atoms with E-state index in [-0.39, 0.29) is 11.2 Å². The van der Waals surface area contributed by atoms with Gasteiger partial charge >= 0.3 is 0 Å². The average Bonchev–Trinajstić information content (AvgIpc) is 3.53. The Morgan fingerprint density at radius 3 is 2.69 bits per heavy atom. The van der Waals surface area contributed by atoms with Gasteiger partial charge in [-0.1, -0.05) is 32.0 Å². The Balaban J connectivity index is 1.48. The van der Waals surface area contributed by atoms with Gasteiger partial charge in [-0.2, -0.15) is 5.21 Å². The fourth-order valence-corrected chi connectivity index (χ4v) is 6.37. The van der Waals surface area contributed by atoms with Crippen molar-refractivity contribution in [2.75, 3.05) is 31.2 Å². The minimum Gasteiger partial charge on any atom is -0.378 e. The topological polar surface area (TPSA) is 96.9 Å². The van der Waals surface area contributed by atoms with Gasteiger partial charge in [0, 0.05) is 42.4 Å². The predicted octanol–water partition coefficient (Wildman–Crippen LogP) is 4.65. The molecule has 4 aromatic rings. The molecule has 1 N–H and O–H groups in total. The first-order valence-electron chi connectivity index (χ1n) is 11.8. The first-order valence-corrected chi connectivity index (χ1v) is 12.6. The normalized spacial score (nSPS) is 17.4. The highest BCUT2D eigenvalue weighted by molar-refractivity contribution is 7.19. The van der Waals surface area contributed by atoms with Crippen molar-refractivity contribution in [2.45, 2.75) is 26.7 Å². The fraction of sp³-hybridized carbons (Fsp3) is 0.346. The van der Waals surface area contributed by atoms with Gasteiger partial charge in [0.15, 0.2) is 5.78 Å². The van der Waals surface area contributed by atoms with Crippen molar-refractivity contribution in [3.8, 4) is 33.8 Å². The van der Waals surface area contributed by atoms with Crippen LogP contribution >= 0.6 is 11.3 Å². The van der Waals surface area contributed by atoms with Gasteiger partial charge in [0.2, 0.25) is 5.82 Å². The number of tetrazole rings is 1. The van der Waals surface area contributed by atoms with E-state index in [2.05, 4.69) is 56.5 Å². The van der Waals surface area contributed by atoms with Crippen molar-refractivity contribution in [1.29, 1.82) is 0 Å². The van der Waals surface area contributed by atoms with E-state index >= 15 is 0 Å². The SMILES string of the molecule is CC1(C)CC(=O)c2sc(N3CCOCC3)c(-c3ccnc(-c4cccc(-c5nn[nH]n5)c4)c3)c2C1. The van der Waals surface area contributed by atoms with Crippen LogP contribution in [0.25, 0.3) is 33.8 Å². The van der Waals surface area contributed by atoms with E-state index in [1.54, 1.807) is 11.3 Å². The number of rotatable bonds is 4. The summed E-state index contributed by atoms with van der Waals surface area (Å²) in [5.74, 6) is 0.800. The van der Waals surface area contributed by atoms with E-state index in [1.807, 2.05) is 30.5 Å². The van der Waals surface area contributed by atoms with E-state index < -0.39 is 0 Å². The Kier molecular flexibility index (Phi) is 5.46. The van der Waals surface area contributed by atoms with Crippen molar-refractivity contribution in [1.82, 2.24) is 25.6 Å². The molecular formula is C26H26N6O2S. The number of fused-ring (bicyclic) bond motifs is 1. The number of thiophene rings is 1. The number of Topliss-reactive ketones (excluding diaryl/α,β-unsaturated/α-hetero) is 1. The number of carbonyl (C=O) groups is 1. The zero-order valence-corrected chi connectivity index (χ0v) is 20.6. The molecule has 1 fully saturated rings. The zero-order chi connectivity index (χ0) is 24.0. The van der Waals surface area contributed by atoms with Crippen LogP contribution in [-0.2, 0) is 11.2 Å². The minimum absolute atomic E-state index is 0.0586. The average molecular weight is 487 g/mol. The Bertz CT molecular complexity index is 1390. The number of hydrogen-bond donors (Lipinski definition) is 1. The predicted molar refractivity (Wildman–Crippen MR) is 136 cm³/mol. The summed E-state index contributed by atoms with van der Waals surface area (Å²) in [6, 6.07) is 12.2. The summed E-state index contributed by atoms with van der Waals surface area (Å²) >= 11 is 1.65. The molecule has 0 atom stereocenters. The van der Waals surface area contributed by atoms with Crippen LogP contribution in [0.1, 0.15) is 35.5 Å². The highest BCUT2D eigenvalue weighted by Gasteiger charge is 2.37. The summed E-state index contributed by atoms with van der Waals surface area (Å²) < 4.78 is 5.61. The number of nitrogens with one attached hydrogen (secondary N) is 1. The summed E-state index contributed by atoms with van der Waals surface area (Å²) in [4.78, 5) is 21.1. The molecule has 0 saturated carbocycles. The third-order valence-electron chi connectivity index (χ3n) is 6.64. The van der Waals surface area contributed by atoms with E-state index in [4.69, 9.17) is 4.74 Å². The molecule has 8 nitrogen and oxygen atoms in total. The van der Waals surface area contributed by atoms with Gasteiger partial charge in [0.1, 0.15) is 0 Å². The van der Waals surface area contributed by atoms with Crippen LogP contribution in [0.2, 0.25) is 0 Å². The molecule has 1 aliphatic carbocycles. The molecule has 0 amide bonds. The third-order valence-corrected chi connectivity index (χ3v) is 7.98. The maximum Gasteiger partial charge on any atom is 0.204 e. The van der Waals surface area contributed by atoms with Gasteiger partial charge in [-0.3, -0.25) is 9.78 Å². The maximum atomic E-state index is 13.2. The number of ketones is 1. The number of nitrogens with zero attached hydrogens (tertiary/aromatic N) is 5. The van der Waals surface area contributed by atoms with Crippen LogP contribution in [0.15, 0.2) is 42.6 Å².